The van der Waals surface area contributed by atoms with Gasteiger partial charge in [0.25, 0.3) is 0 Å². The van der Waals surface area contributed by atoms with Gasteiger partial charge in [0, 0.05) is 6.42 Å². The van der Waals surface area contributed by atoms with E-state index in [2.05, 4.69) is 11.1 Å². The number of thiazole rings is 1. The fourth-order valence-electron chi connectivity index (χ4n) is 2.99. The molecule has 2 aromatic heterocycles. The van der Waals surface area contributed by atoms with Gasteiger partial charge in [-0.25, -0.2) is 9.78 Å². The highest BCUT2D eigenvalue weighted by Gasteiger charge is 2.22. The number of esters is 1. The molecule has 0 radical (unpaired) electrons. The van der Waals surface area contributed by atoms with Gasteiger partial charge in [-0.3, -0.25) is 4.40 Å². The average Bonchev–Trinajstić information content (AvgIpc) is 3.19. The molecule has 2 heterocycles. The van der Waals surface area contributed by atoms with Crippen molar-refractivity contribution in [3.63, 3.8) is 0 Å². The zero-order chi connectivity index (χ0) is 18.1. The molecule has 2 aromatic carbocycles. The lowest BCUT2D eigenvalue weighted by Gasteiger charge is -2.06. The number of hydrogen-bond acceptors (Lipinski definition) is 5. The fraction of sp³-hybridized carbons (Fsp3) is 0.150. The summed E-state index contributed by atoms with van der Waals surface area (Å²) in [6.07, 6.45) is 0.556. The number of fused-ring (bicyclic) bond motifs is 3. The summed E-state index contributed by atoms with van der Waals surface area (Å²) in [5.74, 6) is -0.323. The van der Waals surface area contributed by atoms with Crippen molar-refractivity contribution >= 4 is 33.3 Å². The van der Waals surface area contributed by atoms with Crippen LogP contribution in [0.15, 0.2) is 48.5 Å². The second kappa shape index (κ2) is 6.62. The third-order valence-electron chi connectivity index (χ3n) is 4.17. The monoisotopic (exact) mass is 361 g/mol. The van der Waals surface area contributed by atoms with Gasteiger partial charge in [-0.15, -0.1) is 0 Å². The van der Waals surface area contributed by atoms with Gasteiger partial charge in [-0.1, -0.05) is 35.6 Å². The number of nitrogens with zero attached hydrogens (tertiary/aromatic N) is 3. The number of imidazole rings is 1. The van der Waals surface area contributed by atoms with E-state index in [-0.39, 0.29) is 5.97 Å². The predicted octanol–water partition coefficient (Wildman–Crippen LogP) is 4.19. The number of para-hydroxylation sites is 2. The molecule has 128 valence electrons. The zero-order valence-corrected chi connectivity index (χ0v) is 14.9. The molecule has 0 bridgehead atoms. The molecule has 0 atom stereocenters. The first-order valence-corrected chi connectivity index (χ1v) is 9.08. The summed E-state index contributed by atoms with van der Waals surface area (Å²) in [4.78, 5) is 18.5. The fourth-order valence-corrected chi connectivity index (χ4v) is 4.04. The van der Waals surface area contributed by atoms with Gasteiger partial charge in [0.1, 0.15) is 4.88 Å². The summed E-state index contributed by atoms with van der Waals surface area (Å²) in [7, 11) is 0. The van der Waals surface area contributed by atoms with E-state index in [1.54, 1.807) is 19.1 Å². The summed E-state index contributed by atoms with van der Waals surface area (Å²) in [6.45, 7) is 2.13. The van der Waals surface area contributed by atoms with Gasteiger partial charge in [-0.2, -0.15) is 5.26 Å². The highest BCUT2D eigenvalue weighted by molar-refractivity contribution is 7.19. The topological polar surface area (TPSA) is 67.4 Å². The SMILES string of the molecule is CCOC(=O)c1sc2nc3ccccc3n2c1Cc1ccc(C#N)cc1. The van der Waals surface area contributed by atoms with E-state index in [0.29, 0.717) is 23.5 Å². The first-order chi connectivity index (χ1) is 12.7. The minimum absolute atomic E-state index is 0.323. The third kappa shape index (κ3) is 2.72. The van der Waals surface area contributed by atoms with Gasteiger partial charge >= 0.3 is 5.97 Å². The molecule has 0 unspecified atom stereocenters. The molecule has 4 rings (SSSR count). The van der Waals surface area contributed by atoms with Crippen LogP contribution in [0, 0.1) is 11.3 Å². The van der Waals surface area contributed by atoms with Crippen molar-refractivity contribution in [3.05, 3.63) is 70.2 Å². The minimum atomic E-state index is -0.323. The van der Waals surface area contributed by atoms with Crippen LogP contribution in [-0.4, -0.2) is 22.0 Å². The maximum absolute atomic E-state index is 12.5. The van der Waals surface area contributed by atoms with Crippen LogP contribution in [0.1, 0.15) is 33.4 Å². The van der Waals surface area contributed by atoms with Crippen LogP contribution in [0.25, 0.3) is 16.0 Å². The number of nitriles is 1. The van der Waals surface area contributed by atoms with Crippen molar-refractivity contribution in [2.45, 2.75) is 13.3 Å². The third-order valence-corrected chi connectivity index (χ3v) is 5.23. The van der Waals surface area contributed by atoms with Gasteiger partial charge in [0.05, 0.1) is 35.0 Å². The van der Waals surface area contributed by atoms with Crippen LogP contribution in [0.2, 0.25) is 0 Å². The Labute approximate surface area is 154 Å². The van der Waals surface area contributed by atoms with Crippen LogP contribution in [0.5, 0.6) is 0 Å². The van der Waals surface area contributed by atoms with E-state index in [1.807, 2.05) is 40.8 Å². The first kappa shape index (κ1) is 16.3. The van der Waals surface area contributed by atoms with E-state index in [9.17, 15) is 4.79 Å². The molecule has 0 N–H and O–H groups in total. The summed E-state index contributed by atoms with van der Waals surface area (Å²) < 4.78 is 7.27. The summed E-state index contributed by atoms with van der Waals surface area (Å²) in [5, 5.41) is 8.97. The lowest BCUT2D eigenvalue weighted by Crippen LogP contribution is -2.07. The quantitative estimate of drug-likeness (QED) is 0.511. The first-order valence-electron chi connectivity index (χ1n) is 8.26. The molecule has 0 aliphatic rings. The molecule has 0 amide bonds. The number of hydrogen-bond donors (Lipinski definition) is 0. The molecule has 26 heavy (non-hydrogen) atoms. The Bertz CT molecular complexity index is 1150. The van der Waals surface area contributed by atoms with Crippen molar-refractivity contribution in [2.24, 2.45) is 0 Å². The maximum atomic E-state index is 12.5. The summed E-state index contributed by atoms with van der Waals surface area (Å²) >= 11 is 1.35. The smallest absolute Gasteiger partial charge is 0.350 e. The van der Waals surface area contributed by atoms with Crippen LogP contribution >= 0.6 is 11.3 Å². The number of benzene rings is 2. The Hall–Kier alpha value is -3.17. The molecule has 0 aliphatic heterocycles. The lowest BCUT2D eigenvalue weighted by atomic mass is 10.1. The highest BCUT2D eigenvalue weighted by Crippen LogP contribution is 2.30. The standard InChI is InChI=1S/C20H15N3O2S/c1-2-25-19(24)18-17(11-13-7-9-14(12-21)10-8-13)23-16-6-4-3-5-15(16)22-20(23)26-18/h3-10H,2,11H2,1H3. The van der Waals surface area contributed by atoms with Gasteiger partial charge < -0.3 is 4.74 Å². The van der Waals surface area contributed by atoms with Crippen molar-refractivity contribution in [1.82, 2.24) is 9.38 Å². The van der Waals surface area contributed by atoms with Crippen molar-refractivity contribution in [3.8, 4) is 6.07 Å². The molecule has 0 saturated heterocycles. The van der Waals surface area contributed by atoms with Gasteiger partial charge in [0.2, 0.25) is 0 Å². The second-order valence-electron chi connectivity index (χ2n) is 5.80. The minimum Gasteiger partial charge on any atom is -0.462 e. The van der Waals surface area contributed by atoms with Crippen LogP contribution in [0.3, 0.4) is 0 Å². The Morgan fingerprint density at radius 2 is 2.00 bits per heavy atom. The van der Waals surface area contributed by atoms with E-state index >= 15 is 0 Å². The van der Waals surface area contributed by atoms with E-state index < -0.39 is 0 Å². The van der Waals surface area contributed by atoms with Crippen LogP contribution in [-0.2, 0) is 11.2 Å². The number of rotatable bonds is 4. The maximum Gasteiger partial charge on any atom is 0.350 e. The molecule has 0 fully saturated rings. The van der Waals surface area contributed by atoms with Gasteiger partial charge in [0.15, 0.2) is 4.96 Å². The molecule has 5 nitrogen and oxygen atoms in total. The normalized spacial score (nSPS) is 10.9. The van der Waals surface area contributed by atoms with E-state index in [0.717, 1.165) is 27.3 Å². The predicted molar refractivity (Wildman–Crippen MR) is 100 cm³/mol. The molecule has 0 saturated carbocycles. The number of aromatic nitrogens is 2. The second-order valence-corrected chi connectivity index (χ2v) is 6.78. The Morgan fingerprint density at radius 3 is 2.73 bits per heavy atom. The van der Waals surface area contributed by atoms with E-state index in [4.69, 9.17) is 10.00 Å². The van der Waals surface area contributed by atoms with Crippen molar-refractivity contribution < 1.29 is 9.53 Å². The number of carbonyl (C=O) groups excluding carboxylic acids is 1. The summed E-state index contributed by atoms with van der Waals surface area (Å²) in [5.41, 5.74) is 4.37. The zero-order valence-electron chi connectivity index (χ0n) is 14.1. The largest absolute Gasteiger partial charge is 0.462 e. The van der Waals surface area contributed by atoms with Gasteiger partial charge in [-0.05, 0) is 36.8 Å². The summed E-state index contributed by atoms with van der Waals surface area (Å²) in [6, 6.07) is 17.4. The molecule has 6 heteroatoms. The lowest BCUT2D eigenvalue weighted by molar-refractivity contribution is 0.0530. The van der Waals surface area contributed by atoms with Crippen LogP contribution < -0.4 is 0 Å². The van der Waals surface area contributed by atoms with Crippen molar-refractivity contribution in [2.75, 3.05) is 6.61 Å². The highest BCUT2D eigenvalue weighted by atomic mass is 32.1. The molecular formula is C20H15N3O2S. The van der Waals surface area contributed by atoms with Crippen molar-refractivity contribution in [1.29, 1.82) is 5.26 Å². The Morgan fingerprint density at radius 1 is 1.23 bits per heavy atom. The molecule has 0 aliphatic carbocycles. The number of ether oxygens (including phenoxy) is 1. The number of carbonyl (C=O) groups is 1. The van der Waals surface area contributed by atoms with Crippen LogP contribution in [0.4, 0.5) is 0 Å². The molecular weight excluding hydrogens is 346 g/mol. The van der Waals surface area contributed by atoms with E-state index in [1.165, 1.54) is 11.3 Å². The average molecular weight is 361 g/mol. The molecule has 0 spiro atoms. The Kier molecular flexibility index (Phi) is 4.15. The molecule has 4 aromatic rings. The Balaban J connectivity index is 1.89.